The molecule has 0 aliphatic carbocycles. The van der Waals surface area contributed by atoms with Gasteiger partial charge in [0.2, 0.25) is 0 Å². The van der Waals surface area contributed by atoms with Gasteiger partial charge in [-0.2, -0.15) is 0 Å². The lowest BCUT2D eigenvalue weighted by Gasteiger charge is -2.15. The average molecular weight is 438 g/mol. The molecule has 0 saturated carbocycles. The molecule has 0 saturated heterocycles. The van der Waals surface area contributed by atoms with Crippen molar-refractivity contribution in [3.63, 3.8) is 0 Å². The van der Waals surface area contributed by atoms with Crippen LogP contribution < -0.4 is 14.8 Å². The van der Waals surface area contributed by atoms with Gasteiger partial charge in [0.1, 0.15) is 18.2 Å². The van der Waals surface area contributed by atoms with Crippen molar-refractivity contribution in [3.8, 4) is 11.5 Å². The first-order valence-corrected chi connectivity index (χ1v) is 9.74. The van der Waals surface area contributed by atoms with E-state index >= 15 is 0 Å². The molecule has 152 valence electrons. The predicted molar refractivity (Wildman–Crippen MR) is 112 cm³/mol. The van der Waals surface area contributed by atoms with Crippen molar-refractivity contribution in [1.82, 2.24) is 0 Å². The van der Waals surface area contributed by atoms with Gasteiger partial charge >= 0.3 is 0 Å². The lowest BCUT2D eigenvalue weighted by Crippen LogP contribution is -2.04. The third-order valence-corrected chi connectivity index (χ3v) is 4.80. The highest BCUT2D eigenvalue weighted by molar-refractivity contribution is 6.31. The van der Waals surface area contributed by atoms with Crippen LogP contribution in [0.3, 0.4) is 0 Å². The summed E-state index contributed by atoms with van der Waals surface area (Å²) >= 11 is 11.9. The molecule has 0 fully saturated rings. The molecular formula is C22H19Cl2F2NO2. The van der Waals surface area contributed by atoms with Crippen LogP contribution >= 0.6 is 23.2 Å². The molecule has 7 heteroatoms. The maximum atomic E-state index is 13.9. The minimum Gasteiger partial charge on any atom is -0.490 e. The van der Waals surface area contributed by atoms with Crippen molar-refractivity contribution in [3.05, 3.63) is 87.4 Å². The van der Waals surface area contributed by atoms with Gasteiger partial charge in [0, 0.05) is 17.8 Å². The summed E-state index contributed by atoms with van der Waals surface area (Å²) in [5.41, 5.74) is 1.91. The molecule has 0 amide bonds. The van der Waals surface area contributed by atoms with E-state index in [2.05, 4.69) is 5.32 Å². The first-order valence-electron chi connectivity index (χ1n) is 8.98. The van der Waals surface area contributed by atoms with Crippen molar-refractivity contribution in [1.29, 1.82) is 0 Å². The minimum absolute atomic E-state index is 0.0166. The van der Waals surface area contributed by atoms with Crippen molar-refractivity contribution < 1.29 is 18.3 Å². The summed E-state index contributed by atoms with van der Waals surface area (Å²) in [7, 11) is 0. The van der Waals surface area contributed by atoms with Gasteiger partial charge in [-0.25, -0.2) is 8.78 Å². The largest absolute Gasteiger partial charge is 0.490 e. The van der Waals surface area contributed by atoms with E-state index < -0.39 is 11.6 Å². The molecule has 0 atom stereocenters. The van der Waals surface area contributed by atoms with Gasteiger partial charge in [-0.15, -0.1) is 0 Å². The van der Waals surface area contributed by atoms with E-state index in [-0.39, 0.29) is 17.2 Å². The van der Waals surface area contributed by atoms with Crippen LogP contribution in [0.25, 0.3) is 0 Å². The first-order chi connectivity index (χ1) is 14.0. The molecule has 3 aromatic rings. The van der Waals surface area contributed by atoms with Crippen molar-refractivity contribution in [2.24, 2.45) is 0 Å². The monoisotopic (exact) mass is 437 g/mol. The number of nitrogens with one attached hydrogen (secondary N) is 1. The predicted octanol–water partition coefficient (Wildman–Crippen LogP) is 6.86. The molecule has 0 heterocycles. The third kappa shape index (κ3) is 5.52. The smallest absolute Gasteiger partial charge is 0.161 e. The molecule has 3 rings (SSSR count). The second kappa shape index (κ2) is 9.81. The van der Waals surface area contributed by atoms with E-state index in [0.29, 0.717) is 35.4 Å². The van der Waals surface area contributed by atoms with E-state index in [9.17, 15) is 8.78 Å². The zero-order chi connectivity index (χ0) is 20.8. The van der Waals surface area contributed by atoms with Crippen LogP contribution in [0.4, 0.5) is 14.5 Å². The summed E-state index contributed by atoms with van der Waals surface area (Å²) in [6, 6.07) is 14.4. The fourth-order valence-electron chi connectivity index (χ4n) is 2.68. The molecule has 3 aromatic carbocycles. The number of anilines is 1. The molecular weight excluding hydrogens is 419 g/mol. The molecule has 0 spiro atoms. The molecule has 1 N–H and O–H groups in total. The van der Waals surface area contributed by atoms with E-state index in [1.165, 1.54) is 18.2 Å². The highest BCUT2D eigenvalue weighted by Gasteiger charge is 2.11. The van der Waals surface area contributed by atoms with Crippen LogP contribution in [-0.2, 0) is 13.2 Å². The zero-order valence-corrected chi connectivity index (χ0v) is 17.2. The van der Waals surface area contributed by atoms with Crippen LogP contribution in [0.15, 0.2) is 54.6 Å². The summed E-state index contributed by atoms with van der Waals surface area (Å²) in [6.07, 6.45) is 0. The van der Waals surface area contributed by atoms with Gasteiger partial charge < -0.3 is 14.8 Å². The van der Waals surface area contributed by atoms with Crippen LogP contribution in [0, 0.1) is 11.6 Å². The van der Waals surface area contributed by atoms with E-state index in [1.807, 2.05) is 19.1 Å². The van der Waals surface area contributed by atoms with Gasteiger partial charge in [0.05, 0.1) is 16.7 Å². The molecule has 29 heavy (non-hydrogen) atoms. The Morgan fingerprint density at radius 1 is 0.862 bits per heavy atom. The standard InChI is InChI=1S/C22H19Cl2F2NO2/c1-2-28-22-10-14(12-27-15-7-8-20(26)18(24)11-15)6-9-21(22)29-13-16-17(23)4-3-5-19(16)25/h3-11,27H,2,12-13H2,1H3. The average Bonchev–Trinajstić information content (AvgIpc) is 2.70. The summed E-state index contributed by atoms with van der Waals surface area (Å²) < 4.78 is 38.6. The Balaban J connectivity index is 1.71. The Labute approximate surface area is 178 Å². The fourth-order valence-corrected chi connectivity index (χ4v) is 3.08. The van der Waals surface area contributed by atoms with E-state index in [1.54, 1.807) is 24.3 Å². The summed E-state index contributed by atoms with van der Waals surface area (Å²) in [4.78, 5) is 0. The molecule has 0 radical (unpaired) electrons. The lowest BCUT2D eigenvalue weighted by atomic mass is 10.2. The Morgan fingerprint density at radius 2 is 1.69 bits per heavy atom. The SMILES string of the molecule is CCOc1cc(CNc2ccc(F)c(Cl)c2)ccc1OCc1c(F)cccc1Cl. The number of hydrogen-bond acceptors (Lipinski definition) is 3. The molecule has 0 aliphatic rings. The van der Waals surface area contributed by atoms with Crippen molar-refractivity contribution >= 4 is 28.9 Å². The van der Waals surface area contributed by atoms with Crippen LogP contribution in [0.5, 0.6) is 11.5 Å². The van der Waals surface area contributed by atoms with Crippen molar-refractivity contribution in [2.45, 2.75) is 20.1 Å². The fraction of sp³-hybridized carbons (Fsp3) is 0.182. The highest BCUT2D eigenvalue weighted by Crippen LogP contribution is 2.31. The Bertz CT molecular complexity index is 978. The topological polar surface area (TPSA) is 30.5 Å². The van der Waals surface area contributed by atoms with Crippen molar-refractivity contribution in [2.75, 3.05) is 11.9 Å². The molecule has 0 aliphatic heterocycles. The molecule has 0 unspecified atom stereocenters. The normalized spacial score (nSPS) is 10.7. The molecule has 0 bridgehead atoms. The number of hydrogen-bond donors (Lipinski definition) is 1. The van der Waals surface area contributed by atoms with Gasteiger partial charge in [0.25, 0.3) is 0 Å². The van der Waals surface area contributed by atoms with Gasteiger partial charge in [-0.1, -0.05) is 35.3 Å². The maximum absolute atomic E-state index is 13.9. The molecule has 3 nitrogen and oxygen atoms in total. The number of benzene rings is 3. The van der Waals surface area contributed by atoms with E-state index in [4.69, 9.17) is 32.7 Å². The second-order valence-electron chi connectivity index (χ2n) is 6.19. The lowest BCUT2D eigenvalue weighted by molar-refractivity contribution is 0.265. The first kappa shape index (κ1) is 21.2. The highest BCUT2D eigenvalue weighted by atomic mass is 35.5. The zero-order valence-electron chi connectivity index (χ0n) is 15.6. The van der Waals surface area contributed by atoms with Crippen LogP contribution in [0.1, 0.15) is 18.1 Å². The maximum Gasteiger partial charge on any atom is 0.161 e. The Morgan fingerprint density at radius 3 is 2.41 bits per heavy atom. The second-order valence-corrected chi connectivity index (χ2v) is 7.00. The Kier molecular flexibility index (Phi) is 7.18. The van der Waals surface area contributed by atoms with Gasteiger partial charge in [-0.05, 0) is 55.0 Å². The van der Waals surface area contributed by atoms with Crippen LogP contribution in [-0.4, -0.2) is 6.61 Å². The number of halogens is 4. The third-order valence-electron chi connectivity index (χ3n) is 4.16. The molecule has 0 aromatic heterocycles. The summed E-state index contributed by atoms with van der Waals surface area (Å²) in [5, 5.41) is 3.54. The van der Waals surface area contributed by atoms with Gasteiger partial charge in [0.15, 0.2) is 11.5 Å². The minimum atomic E-state index is -0.465. The quantitative estimate of drug-likeness (QED) is 0.417. The summed E-state index contributed by atoms with van der Waals surface area (Å²) in [6.45, 7) is 2.77. The van der Waals surface area contributed by atoms with E-state index in [0.717, 1.165) is 5.56 Å². The Hall–Kier alpha value is -2.50. The van der Waals surface area contributed by atoms with Crippen LogP contribution in [0.2, 0.25) is 10.0 Å². The van der Waals surface area contributed by atoms with Gasteiger partial charge in [-0.3, -0.25) is 0 Å². The summed E-state index contributed by atoms with van der Waals surface area (Å²) in [5.74, 6) is 0.137. The number of rotatable bonds is 8. The number of ether oxygens (including phenoxy) is 2.